The molecule has 0 saturated carbocycles. The van der Waals surface area contributed by atoms with Crippen molar-refractivity contribution < 1.29 is 32.2 Å². The molecule has 2 aromatic heterocycles. The number of benzene rings is 1. The number of halogens is 3. The summed E-state index contributed by atoms with van der Waals surface area (Å²) < 4.78 is 56.0. The molecule has 0 bridgehead atoms. The molecule has 0 radical (unpaired) electrons. The minimum absolute atomic E-state index is 0.00990. The number of carbonyl (C=O) groups is 1. The lowest BCUT2D eigenvalue weighted by atomic mass is 9.95. The molecule has 1 N–H and O–H groups in total. The van der Waals surface area contributed by atoms with E-state index in [2.05, 4.69) is 20.6 Å². The maximum atomic E-state index is 13.1. The van der Waals surface area contributed by atoms with Crippen LogP contribution in [0.4, 0.5) is 24.7 Å². The molecule has 34 heavy (non-hydrogen) atoms. The number of ether oxygens (including phenoxy) is 3. The van der Waals surface area contributed by atoms with Crippen LogP contribution in [-0.2, 0) is 11.0 Å². The first-order valence-electron chi connectivity index (χ1n) is 10.4. The number of nitrogens with one attached hydrogen (secondary N) is 1. The van der Waals surface area contributed by atoms with Crippen molar-refractivity contribution in [1.29, 1.82) is 0 Å². The van der Waals surface area contributed by atoms with Crippen LogP contribution in [0.15, 0.2) is 24.3 Å². The van der Waals surface area contributed by atoms with Crippen molar-refractivity contribution in [2.45, 2.75) is 19.0 Å². The Kier molecular flexibility index (Phi) is 6.35. The molecule has 13 heteroatoms. The fraction of sp³-hybridized carbons (Fsp3) is 0.429. The van der Waals surface area contributed by atoms with E-state index < -0.39 is 12.0 Å². The Morgan fingerprint density at radius 1 is 1.03 bits per heavy atom. The first-order valence-corrected chi connectivity index (χ1v) is 10.4. The highest BCUT2D eigenvalue weighted by Gasteiger charge is 2.38. The molecule has 0 aliphatic carbocycles. The van der Waals surface area contributed by atoms with Crippen LogP contribution in [0.25, 0.3) is 5.65 Å². The van der Waals surface area contributed by atoms with Crippen LogP contribution in [0.2, 0.25) is 0 Å². The molecule has 182 valence electrons. The number of methoxy groups -OCH3 is 3. The smallest absolute Gasteiger partial charge is 0.453 e. The summed E-state index contributed by atoms with van der Waals surface area (Å²) in [4.78, 5) is 14.7. The lowest BCUT2D eigenvalue weighted by Gasteiger charge is -2.32. The summed E-state index contributed by atoms with van der Waals surface area (Å²) in [5, 5.41) is 13.7. The molecular formula is C21H23F3N6O4. The number of aromatic nitrogens is 4. The Morgan fingerprint density at radius 2 is 1.68 bits per heavy atom. The number of alkyl halides is 3. The van der Waals surface area contributed by atoms with E-state index in [1.54, 1.807) is 18.2 Å². The summed E-state index contributed by atoms with van der Waals surface area (Å²) in [6.07, 6.45) is -3.66. The Hall–Kier alpha value is -3.77. The van der Waals surface area contributed by atoms with E-state index in [1.807, 2.05) is 4.90 Å². The van der Waals surface area contributed by atoms with E-state index in [1.165, 1.54) is 27.4 Å². The fourth-order valence-corrected chi connectivity index (χ4v) is 3.89. The monoisotopic (exact) mass is 480 g/mol. The van der Waals surface area contributed by atoms with Gasteiger partial charge in [0.15, 0.2) is 17.1 Å². The predicted molar refractivity (Wildman–Crippen MR) is 115 cm³/mol. The summed E-state index contributed by atoms with van der Waals surface area (Å²) in [5.41, 5.74) is 0.511. The van der Waals surface area contributed by atoms with E-state index in [-0.39, 0.29) is 17.5 Å². The van der Waals surface area contributed by atoms with Crippen LogP contribution in [0.3, 0.4) is 0 Å². The zero-order chi connectivity index (χ0) is 24.5. The SMILES string of the molecule is COc1cc(NC(=O)C2CCN(c3ccc4nnc(C(F)(F)F)n4n3)CC2)cc(OC)c1OC. The van der Waals surface area contributed by atoms with Crippen molar-refractivity contribution in [3.05, 3.63) is 30.1 Å². The highest BCUT2D eigenvalue weighted by atomic mass is 19.4. The highest BCUT2D eigenvalue weighted by Crippen LogP contribution is 2.40. The number of amides is 1. The molecule has 1 aromatic carbocycles. The van der Waals surface area contributed by atoms with Gasteiger partial charge < -0.3 is 24.4 Å². The predicted octanol–water partition coefficient (Wildman–Crippen LogP) is 3.02. The maximum absolute atomic E-state index is 13.1. The van der Waals surface area contributed by atoms with Crippen molar-refractivity contribution in [3.63, 3.8) is 0 Å². The number of piperidine rings is 1. The van der Waals surface area contributed by atoms with Gasteiger partial charge in [0.2, 0.25) is 11.7 Å². The number of carbonyl (C=O) groups excluding carboxylic acids is 1. The Bertz CT molecular complexity index is 1170. The van der Waals surface area contributed by atoms with Crippen molar-refractivity contribution in [1.82, 2.24) is 19.8 Å². The van der Waals surface area contributed by atoms with Crippen molar-refractivity contribution in [3.8, 4) is 17.2 Å². The summed E-state index contributed by atoms with van der Waals surface area (Å²) >= 11 is 0. The molecule has 0 atom stereocenters. The van der Waals surface area contributed by atoms with Gasteiger partial charge in [-0.3, -0.25) is 4.79 Å². The third-order valence-electron chi connectivity index (χ3n) is 5.62. The highest BCUT2D eigenvalue weighted by molar-refractivity contribution is 5.93. The Labute approximate surface area is 192 Å². The van der Waals surface area contributed by atoms with Crippen LogP contribution >= 0.6 is 0 Å². The minimum atomic E-state index is -4.66. The Balaban J connectivity index is 1.44. The summed E-state index contributed by atoms with van der Waals surface area (Å²) in [6, 6.07) is 6.32. The molecule has 0 unspecified atom stereocenters. The van der Waals surface area contributed by atoms with Gasteiger partial charge in [0, 0.05) is 36.8 Å². The number of fused-ring (bicyclic) bond motifs is 1. The molecular weight excluding hydrogens is 457 g/mol. The third kappa shape index (κ3) is 4.50. The average Bonchev–Trinajstić information content (AvgIpc) is 3.27. The van der Waals surface area contributed by atoms with Crippen LogP contribution in [0.1, 0.15) is 18.7 Å². The van der Waals surface area contributed by atoms with Gasteiger partial charge in [-0.25, -0.2) is 0 Å². The molecule has 1 aliphatic rings. The summed E-state index contributed by atoms with van der Waals surface area (Å²) in [6.45, 7) is 0.907. The number of rotatable bonds is 6. The lowest BCUT2D eigenvalue weighted by molar-refractivity contribution is -0.146. The van der Waals surface area contributed by atoms with E-state index in [0.29, 0.717) is 59.2 Å². The quantitative estimate of drug-likeness (QED) is 0.575. The molecule has 1 fully saturated rings. The third-order valence-corrected chi connectivity index (χ3v) is 5.62. The molecule has 3 aromatic rings. The van der Waals surface area contributed by atoms with Crippen LogP contribution in [0.5, 0.6) is 17.2 Å². The zero-order valence-electron chi connectivity index (χ0n) is 18.7. The molecule has 1 saturated heterocycles. The number of hydrogen-bond acceptors (Lipinski definition) is 8. The molecule has 4 rings (SSSR count). The van der Waals surface area contributed by atoms with E-state index in [4.69, 9.17) is 14.2 Å². The van der Waals surface area contributed by atoms with Crippen LogP contribution in [0, 0.1) is 5.92 Å². The fourth-order valence-electron chi connectivity index (χ4n) is 3.89. The molecule has 10 nitrogen and oxygen atoms in total. The minimum Gasteiger partial charge on any atom is -0.493 e. The van der Waals surface area contributed by atoms with Gasteiger partial charge >= 0.3 is 6.18 Å². The van der Waals surface area contributed by atoms with Gasteiger partial charge in [0.05, 0.1) is 21.3 Å². The van der Waals surface area contributed by atoms with Gasteiger partial charge in [-0.1, -0.05) is 0 Å². The lowest BCUT2D eigenvalue weighted by Crippen LogP contribution is -2.38. The standard InChI is InChI=1S/C21H23F3N6O4/c1-32-14-10-13(11-15(33-2)18(14)34-3)25-19(31)12-6-8-29(9-7-12)17-5-4-16-26-27-20(21(22,23)24)30(16)28-17/h4-5,10-12H,6-9H2,1-3H3,(H,25,31). The normalized spacial score (nSPS) is 14.8. The first kappa shape index (κ1) is 23.4. The van der Waals surface area contributed by atoms with Crippen molar-refractivity contribution in [2.24, 2.45) is 5.92 Å². The number of hydrogen-bond donors (Lipinski definition) is 1. The second-order valence-corrected chi connectivity index (χ2v) is 7.65. The summed E-state index contributed by atoms with van der Waals surface area (Å²) in [7, 11) is 4.47. The average molecular weight is 480 g/mol. The van der Waals surface area contributed by atoms with Gasteiger partial charge in [-0.05, 0) is 25.0 Å². The van der Waals surface area contributed by atoms with E-state index in [9.17, 15) is 18.0 Å². The van der Waals surface area contributed by atoms with Gasteiger partial charge in [0.1, 0.15) is 5.82 Å². The second kappa shape index (κ2) is 9.23. The Morgan fingerprint density at radius 3 is 2.24 bits per heavy atom. The molecule has 0 spiro atoms. The van der Waals surface area contributed by atoms with Gasteiger partial charge in [0.25, 0.3) is 5.82 Å². The first-order chi connectivity index (χ1) is 16.2. The van der Waals surface area contributed by atoms with Crippen molar-refractivity contribution in [2.75, 3.05) is 44.6 Å². The largest absolute Gasteiger partial charge is 0.493 e. The zero-order valence-corrected chi connectivity index (χ0v) is 18.7. The molecule has 1 amide bonds. The van der Waals surface area contributed by atoms with E-state index >= 15 is 0 Å². The number of nitrogens with zero attached hydrogens (tertiary/aromatic N) is 5. The van der Waals surface area contributed by atoms with Crippen LogP contribution in [-0.4, -0.2) is 60.1 Å². The molecule has 3 heterocycles. The molecule has 1 aliphatic heterocycles. The summed E-state index contributed by atoms with van der Waals surface area (Å²) in [5.74, 6) is -0.00988. The van der Waals surface area contributed by atoms with Gasteiger partial charge in [-0.2, -0.15) is 17.7 Å². The van der Waals surface area contributed by atoms with E-state index in [0.717, 1.165) is 0 Å². The second-order valence-electron chi connectivity index (χ2n) is 7.65. The topological polar surface area (TPSA) is 103 Å². The van der Waals surface area contributed by atoms with Crippen LogP contribution < -0.4 is 24.4 Å². The van der Waals surface area contributed by atoms with Crippen molar-refractivity contribution >= 4 is 23.1 Å². The number of anilines is 2. The van der Waals surface area contributed by atoms with Gasteiger partial charge in [-0.15, -0.1) is 15.3 Å². The maximum Gasteiger partial charge on any atom is 0.453 e.